The maximum absolute atomic E-state index is 14.0. The zero-order valence-electron chi connectivity index (χ0n) is 18.4. The summed E-state index contributed by atoms with van der Waals surface area (Å²) in [5.74, 6) is -0.784. The van der Waals surface area contributed by atoms with Crippen molar-refractivity contribution in [3.63, 3.8) is 0 Å². The number of rotatable bonds is 6. The Bertz CT molecular complexity index is 1170. The third-order valence-electron chi connectivity index (χ3n) is 5.46. The average Bonchev–Trinajstić information content (AvgIpc) is 2.84. The number of hydrogen-bond acceptors (Lipinski definition) is 6. The molecule has 4 rings (SSSR count). The summed E-state index contributed by atoms with van der Waals surface area (Å²) in [6.45, 7) is 4.45. The van der Waals surface area contributed by atoms with Gasteiger partial charge < -0.3 is 19.7 Å². The van der Waals surface area contributed by atoms with E-state index in [-0.39, 0.29) is 0 Å². The van der Waals surface area contributed by atoms with E-state index >= 15 is 0 Å². The monoisotopic (exact) mass is 469 g/mol. The van der Waals surface area contributed by atoms with E-state index in [2.05, 4.69) is 15.0 Å². The van der Waals surface area contributed by atoms with Gasteiger partial charge in [-0.2, -0.15) is 0 Å². The van der Waals surface area contributed by atoms with Crippen molar-refractivity contribution in [1.29, 1.82) is 5.41 Å². The lowest BCUT2D eigenvalue weighted by Gasteiger charge is -2.30. The Morgan fingerprint density at radius 2 is 1.85 bits per heavy atom. The van der Waals surface area contributed by atoms with Crippen LogP contribution >= 0.6 is 11.9 Å². The zero-order valence-corrected chi connectivity index (χ0v) is 19.2. The van der Waals surface area contributed by atoms with E-state index in [0.29, 0.717) is 37.0 Å². The van der Waals surface area contributed by atoms with E-state index in [1.165, 1.54) is 12.1 Å². The average molecular weight is 470 g/mol. The summed E-state index contributed by atoms with van der Waals surface area (Å²) in [4.78, 5) is 6.79. The largest absolute Gasteiger partial charge is 0.388 e. The summed E-state index contributed by atoms with van der Waals surface area (Å²) in [5.41, 5.74) is 4.92. The van der Waals surface area contributed by atoms with Crippen LogP contribution in [-0.4, -0.2) is 49.1 Å². The Hall–Kier alpha value is -3.17. The first-order valence-corrected chi connectivity index (χ1v) is 11.4. The van der Waals surface area contributed by atoms with Crippen LogP contribution < -0.4 is 10.0 Å². The molecular weight excluding hydrogens is 444 g/mol. The van der Waals surface area contributed by atoms with E-state index < -0.39 is 11.6 Å². The van der Waals surface area contributed by atoms with Crippen LogP contribution in [0.5, 0.6) is 0 Å². The molecule has 0 atom stereocenters. The number of amidine groups is 1. The lowest BCUT2D eigenvalue weighted by atomic mass is 10.0. The first-order valence-electron chi connectivity index (χ1n) is 10.5. The summed E-state index contributed by atoms with van der Waals surface area (Å²) in [5, 5.41) is 11.9. The molecule has 9 heteroatoms. The van der Waals surface area contributed by atoms with Crippen LogP contribution in [-0.2, 0) is 4.74 Å². The molecule has 1 fully saturated rings. The maximum Gasteiger partial charge on any atom is 0.141 e. The summed E-state index contributed by atoms with van der Waals surface area (Å²) < 4.78 is 35.7. The molecule has 3 aromatic rings. The van der Waals surface area contributed by atoms with Crippen molar-refractivity contribution in [2.45, 2.75) is 11.8 Å². The lowest BCUT2D eigenvalue weighted by molar-refractivity contribution is 0.0680. The molecule has 1 aliphatic heterocycles. The van der Waals surface area contributed by atoms with Gasteiger partial charge in [0.15, 0.2) is 0 Å². The highest BCUT2D eigenvalue weighted by Crippen LogP contribution is 2.31. The predicted molar refractivity (Wildman–Crippen MR) is 129 cm³/mol. The van der Waals surface area contributed by atoms with Crippen molar-refractivity contribution in [3.05, 3.63) is 71.6 Å². The number of hydrogen-bond donors (Lipinski definition) is 3. The van der Waals surface area contributed by atoms with Crippen molar-refractivity contribution < 1.29 is 13.5 Å². The molecule has 0 radical (unpaired) electrons. The Morgan fingerprint density at radius 3 is 2.58 bits per heavy atom. The van der Waals surface area contributed by atoms with Crippen LogP contribution in [0.1, 0.15) is 11.3 Å². The number of aryl methyl sites for hydroxylation is 1. The van der Waals surface area contributed by atoms with Crippen molar-refractivity contribution in [2.24, 2.45) is 0 Å². The van der Waals surface area contributed by atoms with Gasteiger partial charge in [0.1, 0.15) is 17.5 Å². The Balaban J connectivity index is 1.60. The highest BCUT2D eigenvalue weighted by atomic mass is 32.2. The van der Waals surface area contributed by atoms with Gasteiger partial charge in [-0.1, -0.05) is 6.07 Å². The van der Waals surface area contributed by atoms with Gasteiger partial charge in [0.25, 0.3) is 0 Å². The van der Waals surface area contributed by atoms with Gasteiger partial charge >= 0.3 is 0 Å². The zero-order chi connectivity index (χ0) is 23.4. The van der Waals surface area contributed by atoms with Crippen molar-refractivity contribution >= 4 is 29.2 Å². The van der Waals surface area contributed by atoms with Gasteiger partial charge in [0.05, 0.1) is 29.5 Å². The van der Waals surface area contributed by atoms with Crippen LogP contribution in [0.25, 0.3) is 11.1 Å². The highest BCUT2D eigenvalue weighted by Gasteiger charge is 2.19. The molecule has 0 aliphatic carbocycles. The molecule has 1 aliphatic rings. The molecule has 3 N–H and O–H groups in total. The molecule has 2 heterocycles. The van der Waals surface area contributed by atoms with Crippen molar-refractivity contribution in [2.75, 3.05) is 43.4 Å². The minimum absolute atomic E-state index is 0.292. The molecule has 1 saturated heterocycles. The first-order chi connectivity index (χ1) is 16.0. The minimum atomic E-state index is -0.622. The van der Waals surface area contributed by atoms with E-state index in [1.54, 1.807) is 6.20 Å². The summed E-state index contributed by atoms with van der Waals surface area (Å²) in [7, 11) is 1.84. The van der Waals surface area contributed by atoms with Crippen LogP contribution in [0.2, 0.25) is 0 Å². The molecule has 1 aromatic heterocycles. The van der Waals surface area contributed by atoms with Crippen LogP contribution in [0, 0.1) is 24.0 Å². The normalized spacial score (nSPS) is 13.6. The quantitative estimate of drug-likeness (QED) is 0.263. The lowest BCUT2D eigenvalue weighted by Crippen LogP contribution is -2.40. The molecule has 6 nitrogen and oxygen atoms in total. The number of benzene rings is 2. The number of nitrogens with one attached hydrogen (secondary N) is 3. The number of anilines is 2. The number of pyridine rings is 1. The number of aromatic nitrogens is 1. The highest BCUT2D eigenvalue weighted by molar-refractivity contribution is 8.00. The molecule has 172 valence electrons. The minimum Gasteiger partial charge on any atom is -0.388 e. The van der Waals surface area contributed by atoms with Crippen LogP contribution in [0.4, 0.5) is 20.2 Å². The van der Waals surface area contributed by atoms with Crippen molar-refractivity contribution in [3.8, 4) is 11.1 Å². The van der Waals surface area contributed by atoms with E-state index in [1.807, 2.05) is 43.1 Å². The van der Waals surface area contributed by atoms with Crippen LogP contribution in [0.15, 0.2) is 53.6 Å². The molecule has 0 unspecified atom stereocenters. The van der Waals surface area contributed by atoms with Gasteiger partial charge in [-0.25, -0.2) is 8.78 Å². The molecular formula is C24H25F2N5OS. The van der Waals surface area contributed by atoms with Gasteiger partial charge in [-0.05, 0) is 54.8 Å². The number of ether oxygens (including phenoxy) is 1. The maximum atomic E-state index is 14.0. The fraction of sp³-hybridized carbons (Fsp3) is 0.250. The summed E-state index contributed by atoms with van der Waals surface area (Å²) in [6, 6.07) is 11.3. The third-order valence-corrected chi connectivity index (χ3v) is 6.33. The Labute approximate surface area is 196 Å². The van der Waals surface area contributed by atoms with Gasteiger partial charge in [0, 0.05) is 49.2 Å². The van der Waals surface area contributed by atoms with E-state index in [9.17, 15) is 8.78 Å². The van der Waals surface area contributed by atoms with Gasteiger partial charge in [-0.3, -0.25) is 10.4 Å². The molecule has 0 amide bonds. The van der Waals surface area contributed by atoms with Crippen LogP contribution in [0.3, 0.4) is 0 Å². The number of halogens is 2. The second-order valence-corrected chi connectivity index (χ2v) is 8.44. The Kier molecular flexibility index (Phi) is 7.10. The standard InChI is InChI=1S/C24H25F2N5OS/c1-15-22(30-33-23-6-4-18(25)13-20(23)26)12-17(14-29-15)16-3-5-21(28-2)19(11-16)24(27)31-7-9-32-10-8-31/h3-6,11-14,27-28,30H,7-10H2,1-2H3. The second kappa shape index (κ2) is 10.2. The smallest absolute Gasteiger partial charge is 0.141 e. The van der Waals surface area contributed by atoms with Crippen molar-refractivity contribution in [1.82, 2.24) is 9.88 Å². The first kappa shape index (κ1) is 23.0. The Morgan fingerprint density at radius 1 is 1.06 bits per heavy atom. The van der Waals surface area contributed by atoms with Gasteiger partial charge in [-0.15, -0.1) is 0 Å². The summed E-state index contributed by atoms with van der Waals surface area (Å²) in [6.07, 6.45) is 1.78. The summed E-state index contributed by atoms with van der Waals surface area (Å²) >= 11 is 1.07. The SMILES string of the molecule is CNc1ccc(-c2cnc(C)c(NSc3ccc(F)cc3F)c2)cc1C(=N)N1CCOCC1. The van der Waals surface area contributed by atoms with E-state index in [0.717, 1.165) is 51.8 Å². The molecule has 33 heavy (non-hydrogen) atoms. The van der Waals surface area contributed by atoms with E-state index in [4.69, 9.17) is 10.1 Å². The third kappa shape index (κ3) is 5.26. The molecule has 0 spiro atoms. The number of nitrogens with zero attached hydrogens (tertiary/aromatic N) is 2. The fourth-order valence-corrected chi connectivity index (χ4v) is 4.28. The predicted octanol–water partition coefficient (Wildman–Crippen LogP) is 5.15. The second-order valence-electron chi connectivity index (χ2n) is 7.59. The topological polar surface area (TPSA) is 73.3 Å². The molecule has 0 bridgehead atoms. The van der Waals surface area contributed by atoms with Gasteiger partial charge in [0.2, 0.25) is 0 Å². The number of morpholine rings is 1. The molecule has 0 saturated carbocycles. The molecule has 2 aromatic carbocycles. The fourth-order valence-electron chi connectivity index (χ4n) is 3.56.